The largest absolute Gasteiger partial charge is 0.393 e. The number of hydrogen-bond donors (Lipinski definition) is 3. The van der Waals surface area contributed by atoms with Gasteiger partial charge in [-0.2, -0.15) is 9.37 Å². The lowest BCUT2D eigenvalue weighted by Gasteiger charge is -2.25. The zero-order valence-corrected chi connectivity index (χ0v) is 11.2. The molecule has 0 saturated carbocycles. The highest BCUT2D eigenvalue weighted by Crippen LogP contribution is 2.42. The monoisotopic (exact) mass is 313 g/mol. The van der Waals surface area contributed by atoms with Gasteiger partial charge in [-0.05, 0) is 0 Å². The molecule has 3 rings (SSSR count). The number of rotatable bonds is 3. The van der Waals surface area contributed by atoms with Crippen LogP contribution in [-0.2, 0) is 4.74 Å². The topological polar surface area (TPSA) is 119 Å². The molecule has 1 fully saturated rings. The summed E-state index contributed by atoms with van der Waals surface area (Å²) in [6, 6.07) is 0. The van der Waals surface area contributed by atoms with Crippen LogP contribution < -0.4 is 5.73 Å². The molecule has 4 N–H and O–H groups in total. The van der Waals surface area contributed by atoms with Crippen molar-refractivity contribution < 1.29 is 23.7 Å². The maximum absolute atomic E-state index is 14.4. The smallest absolute Gasteiger partial charge is 0.328 e. The predicted molar refractivity (Wildman–Crippen MR) is 69.9 cm³/mol. The summed E-state index contributed by atoms with van der Waals surface area (Å²) < 4.78 is 34.1. The SMILES string of the molecule is C=CC1(CO)OC(c2cnc3c(N)nc(F)nn23)C(F)C1O. The molecule has 10 heteroatoms. The average molecular weight is 313 g/mol. The minimum atomic E-state index is -1.90. The lowest BCUT2D eigenvalue weighted by molar-refractivity contribution is -0.0798. The Morgan fingerprint density at radius 1 is 1.59 bits per heavy atom. The maximum Gasteiger partial charge on any atom is 0.328 e. The third kappa shape index (κ3) is 1.88. The van der Waals surface area contributed by atoms with E-state index in [1.54, 1.807) is 0 Å². The van der Waals surface area contributed by atoms with E-state index in [1.165, 1.54) is 6.20 Å². The molecule has 1 aliphatic heterocycles. The van der Waals surface area contributed by atoms with Gasteiger partial charge in [-0.15, -0.1) is 11.7 Å². The number of nitrogen functional groups attached to an aromatic ring is 1. The van der Waals surface area contributed by atoms with Crippen LogP contribution in [0.15, 0.2) is 18.9 Å². The first-order valence-corrected chi connectivity index (χ1v) is 6.34. The average Bonchev–Trinajstić information content (AvgIpc) is 3.01. The number of imidazole rings is 1. The van der Waals surface area contributed by atoms with Crippen LogP contribution in [0.5, 0.6) is 0 Å². The van der Waals surface area contributed by atoms with Crippen LogP contribution in [0.1, 0.15) is 11.8 Å². The molecule has 2 aromatic heterocycles. The van der Waals surface area contributed by atoms with Crippen molar-refractivity contribution in [2.75, 3.05) is 12.3 Å². The molecule has 3 heterocycles. The number of alkyl halides is 1. The molecule has 1 aliphatic rings. The fourth-order valence-corrected chi connectivity index (χ4v) is 2.48. The Morgan fingerprint density at radius 2 is 2.32 bits per heavy atom. The van der Waals surface area contributed by atoms with E-state index in [1.807, 2.05) is 0 Å². The van der Waals surface area contributed by atoms with Gasteiger partial charge < -0.3 is 20.7 Å². The molecule has 1 saturated heterocycles. The van der Waals surface area contributed by atoms with Gasteiger partial charge in [0.15, 0.2) is 17.6 Å². The quantitative estimate of drug-likeness (QED) is 0.656. The summed E-state index contributed by atoms with van der Waals surface area (Å²) in [7, 11) is 0. The molecule has 0 bridgehead atoms. The molecule has 0 aromatic carbocycles. The number of anilines is 1. The van der Waals surface area contributed by atoms with Gasteiger partial charge in [0, 0.05) is 0 Å². The van der Waals surface area contributed by atoms with E-state index < -0.39 is 36.7 Å². The number of aliphatic hydroxyl groups is 2. The molecule has 0 aliphatic carbocycles. The van der Waals surface area contributed by atoms with Crippen molar-refractivity contribution in [1.82, 2.24) is 19.6 Å². The van der Waals surface area contributed by atoms with Crippen molar-refractivity contribution in [3.8, 4) is 0 Å². The number of halogens is 2. The molecule has 0 spiro atoms. The molecule has 22 heavy (non-hydrogen) atoms. The summed E-state index contributed by atoms with van der Waals surface area (Å²) in [4.78, 5) is 7.21. The van der Waals surface area contributed by atoms with Crippen molar-refractivity contribution in [3.63, 3.8) is 0 Å². The second kappa shape index (κ2) is 4.93. The number of nitrogens with zero attached hydrogens (tertiary/aromatic N) is 4. The van der Waals surface area contributed by atoms with Gasteiger partial charge in [0.1, 0.15) is 17.8 Å². The van der Waals surface area contributed by atoms with Crippen molar-refractivity contribution in [1.29, 1.82) is 0 Å². The minimum Gasteiger partial charge on any atom is -0.393 e. The fraction of sp³-hybridized carbons (Fsp3) is 0.417. The normalized spacial score (nSPS) is 31.7. The first-order valence-electron chi connectivity index (χ1n) is 6.34. The second-order valence-corrected chi connectivity index (χ2v) is 4.93. The molecule has 2 aromatic rings. The zero-order chi connectivity index (χ0) is 16.1. The number of nitrogens with two attached hydrogens (primary N) is 1. The van der Waals surface area contributed by atoms with Gasteiger partial charge in [0.2, 0.25) is 0 Å². The third-order valence-corrected chi connectivity index (χ3v) is 3.71. The van der Waals surface area contributed by atoms with Crippen LogP contribution in [0.4, 0.5) is 14.6 Å². The van der Waals surface area contributed by atoms with E-state index in [0.29, 0.717) is 0 Å². The highest BCUT2D eigenvalue weighted by atomic mass is 19.1. The second-order valence-electron chi connectivity index (χ2n) is 4.93. The Hall–Kier alpha value is -2.17. The molecular formula is C12H13F2N5O3. The summed E-state index contributed by atoms with van der Waals surface area (Å²) in [5.41, 5.74) is 3.92. The maximum atomic E-state index is 14.4. The van der Waals surface area contributed by atoms with Gasteiger partial charge in [0.25, 0.3) is 0 Å². The molecule has 4 atom stereocenters. The molecule has 118 valence electrons. The zero-order valence-electron chi connectivity index (χ0n) is 11.2. The Bertz CT molecular complexity index is 739. The molecule has 8 nitrogen and oxygen atoms in total. The van der Waals surface area contributed by atoms with E-state index in [2.05, 4.69) is 21.6 Å². The van der Waals surface area contributed by atoms with Crippen LogP contribution in [0, 0.1) is 6.08 Å². The molecule has 0 radical (unpaired) electrons. The summed E-state index contributed by atoms with van der Waals surface area (Å²) >= 11 is 0. The van der Waals surface area contributed by atoms with E-state index in [4.69, 9.17) is 10.5 Å². The van der Waals surface area contributed by atoms with E-state index in [-0.39, 0.29) is 17.2 Å². The Morgan fingerprint density at radius 3 is 2.91 bits per heavy atom. The Labute approximate surface area is 122 Å². The number of hydrogen-bond acceptors (Lipinski definition) is 7. The molecule has 4 unspecified atom stereocenters. The standard InChI is InChI=1S/C12H13F2N5O3/c1-2-12(4-20)8(21)6(13)7(22-12)5-3-16-10-9(15)17-11(14)18-19(5)10/h2-3,6-8,20-21H,1,4H2,(H2,15,17,18). The lowest BCUT2D eigenvalue weighted by atomic mass is 9.96. The van der Waals surface area contributed by atoms with Gasteiger partial charge in [-0.1, -0.05) is 6.08 Å². The van der Waals surface area contributed by atoms with E-state index in [0.717, 1.165) is 10.6 Å². The van der Waals surface area contributed by atoms with Crippen molar-refractivity contribution in [2.45, 2.75) is 24.0 Å². The lowest BCUT2D eigenvalue weighted by Crippen LogP contribution is -2.43. The van der Waals surface area contributed by atoms with Gasteiger partial charge in [-0.25, -0.2) is 13.9 Å². The van der Waals surface area contributed by atoms with Crippen molar-refractivity contribution in [3.05, 3.63) is 30.6 Å². The highest BCUT2D eigenvalue weighted by molar-refractivity contribution is 5.59. The summed E-state index contributed by atoms with van der Waals surface area (Å²) in [5, 5.41) is 22.8. The summed E-state index contributed by atoms with van der Waals surface area (Å²) in [6.45, 7) is 2.77. The van der Waals surface area contributed by atoms with Gasteiger partial charge in [0.05, 0.1) is 18.5 Å². The Kier molecular flexibility index (Phi) is 3.31. The van der Waals surface area contributed by atoms with E-state index in [9.17, 15) is 19.0 Å². The van der Waals surface area contributed by atoms with Crippen LogP contribution in [0.2, 0.25) is 0 Å². The summed E-state index contributed by atoms with van der Waals surface area (Å²) in [6.07, 6.45) is -3.67. The first kappa shape index (κ1) is 14.8. The van der Waals surface area contributed by atoms with Crippen molar-refractivity contribution in [2.24, 2.45) is 0 Å². The van der Waals surface area contributed by atoms with Crippen LogP contribution in [0.3, 0.4) is 0 Å². The van der Waals surface area contributed by atoms with Gasteiger partial charge >= 0.3 is 6.08 Å². The summed E-state index contributed by atoms with van der Waals surface area (Å²) in [5.74, 6) is -0.218. The predicted octanol–water partition coefficient (Wildman–Crippen LogP) is -0.467. The van der Waals surface area contributed by atoms with Crippen LogP contribution in [-0.4, -0.2) is 54.3 Å². The van der Waals surface area contributed by atoms with Gasteiger partial charge in [-0.3, -0.25) is 0 Å². The first-order chi connectivity index (χ1) is 10.4. The number of aliphatic hydroxyl groups excluding tert-OH is 2. The number of ether oxygens (including phenoxy) is 1. The molecule has 0 amide bonds. The van der Waals surface area contributed by atoms with Crippen molar-refractivity contribution >= 4 is 11.5 Å². The fourth-order valence-electron chi connectivity index (χ4n) is 2.48. The minimum absolute atomic E-state index is 0.0294. The van der Waals surface area contributed by atoms with Crippen LogP contribution in [0.25, 0.3) is 5.65 Å². The molecular weight excluding hydrogens is 300 g/mol. The van der Waals surface area contributed by atoms with E-state index >= 15 is 0 Å². The highest BCUT2D eigenvalue weighted by Gasteiger charge is 2.54. The number of aromatic nitrogens is 4. The third-order valence-electron chi connectivity index (χ3n) is 3.71. The Balaban J connectivity index is 2.11. The number of fused-ring (bicyclic) bond motifs is 1. The van der Waals surface area contributed by atoms with Crippen LogP contribution >= 0.6 is 0 Å².